The summed E-state index contributed by atoms with van der Waals surface area (Å²) in [6, 6.07) is 8.60. The summed E-state index contributed by atoms with van der Waals surface area (Å²) in [6.07, 6.45) is 3.32. The van der Waals surface area contributed by atoms with Gasteiger partial charge < -0.3 is 9.88 Å². The van der Waals surface area contributed by atoms with Gasteiger partial charge in [0, 0.05) is 30.7 Å². The van der Waals surface area contributed by atoms with E-state index in [9.17, 15) is 9.59 Å². The first-order chi connectivity index (χ1) is 9.15. The number of rotatable bonds is 4. The lowest BCUT2D eigenvalue weighted by Gasteiger charge is -2.07. The largest absolute Gasteiger partial charge is 0.350 e. The summed E-state index contributed by atoms with van der Waals surface area (Å²) in [4.78, 5) is 27.3. The quantitative estimate of drug-likeness (QED) is 0.884. The maximum Gasteiger partial charge on any atom is 0.250 e. The zero-order valence-corrected chi connectivity index (χ0v) is 10.7. The molecule has 0 aliphatic rings. The van der Waals surface area contributed by atoms with Crippen LogP contribution in [0, 0.1) is 6.92 Å². The molecule has 0 saturated heterocycles. The van der Waals surface area contributed by atoms with Crippen LogP contribution in [0.15, 0.2) is 47.5 Å². The summed E-state index contributed by atoms with van der Waals surface area (Å²) >= 11 is 0. The number of amides is 1. The average Bonchev–Trinajstić information content (AvgIpc) is 2.41. The highest BCUT2D eigenvalue weighted by Gasteiger charge is 2.03. The molecule has 2 heterocycles. The van der Waals surface area contributed by atoms with Gasteiger partial charge in [-0.25, -0.2) is 0 Å². The number of hydrogen-bond donors (Lipinski definition) is 1. The minimum absolute atomic E-state index is 0.0267. The van der Waals surface area contributed by atoms with Gasteiger partial charge in [-0.2, -0.15) is 0 Å². The van der Waals surface area contributed by atoms with Crippen molar-refractivity contribution in [3.8, 4) is 0 Å². The fourth-order valence-corrected chi connectivity index (χ4v) is 1.61. The molecule has 19 heavy (non-hydrogen) atoms. The van der Waals surface area contributed by atoms with Gasteiger partial charge in [-0.15, -0.1) is 0 Å². The molecule has 0 fully saturated rings. The van der Waals surface area contributed by atoms with Crippen LogP contribution in [0.2, 0.25) is 0 Å². The third kappa shape index (κ3) is 3.77. The fourth-order valence-electron chi connectivity index (χ4n) is 1.61. The summed E-state index contributed by atoms with van der Waals surface area (Å²) in [5, 5.41) is 2.76. The molecule has 0 aliphatic heterocycles. The predicted molar refractivity (Wildman–Crippen MR) is 71.5 cm³/mol. The maximum atomic E-state index is 11.7. The van der Waals surface area contributed by atoms with Gasteiger partial charge in [0.15, 0.2) is 0 Å². The van der Waals surface area contributed by atoms with Crippen LogP contribution in [0.4, 0.5) is 0 Å². The second kappa shape index (κ2) is 5.95. The van der Waals surface area contributed by atoms with Crippen LogP contribution in [0.5, 0.6) is 0 Å². The molecule has 2 aromatic heterocycles. The number of carbonyl (C=O) groups is 1. The molecule has 0 radical (unpaired) electrons. The minimum atomic E-state index is -0.200. The minimum Gasteiger partial charge on any atom is -0.350 e. The van der Waals surface area contributed by atoms with Gasteiger partial charge >= 0.3 is 0 Å². The summed E-state index contributed by atoms with van der Waals surface area (Å²) in [5.74, 6) is -0.200. The van der Waals surface area contributed by atoms with Gasteiger partial charge in [0.2, 0.25) is 5.91 Å². The molecule has 0 aliphatic carbocycles. The molecule has 0 spiro atoms. The molecule has 0 saturated carbocycles. The molecule has 0 unspecified atom stereocenters. The third-order valence-corrected chi connectivity index (χ3v) is 2.68. The molecular weight excluding hydrogens is 242 g/mol. The highest BCUT2D eigenvalue weighted by Crippen LogP contribution is 1.98. The van der Waals surface area contributed by atoms with Crippen molar-refractivity contribution in [1.29, 1.82) is 0 Å². The van der Waals surface area contributed by atoms with Crippen molar-refractivity contribution < 1.29 is 4.79 Å². The van der Waals surface area contributed by atoms with Crippen LogP contribution in [0.1, 0.15) is 11.3 Å². The number of hydrogen-bond acceptors (Lipinski definition) is 3. The first-order valence-electron chi connectivity index (χ1n) is 5.99. The van der Waals surface area contributed by atoms with Crippen molar-refractivity contribution >= 4 is 5.91 Å². The second-order valence-electron chi connectivity index (χ2n) is 4.25. The van der Waals surface area contributed by atoms with Crippen LogP contribution < -0.4 is 10.9 Å². The highest BCUT2D eigenvalue weighted by molar-refractivity contribution is 5.75. The number of aryl methyl sites for hydroxylation is 1. The van der Waals surface area contributed by atoms with Crippen LogP contribution >= 0.6 is 0 Å². The third-order valence-electron chi connectivity index (χ3n) is 2.68. The van der Waals surface area contributed by atoms with E-state index in [0.717, 1.165) is 11.3 Å². The molecule has 1 N–H and O–H groups in total. The molecule has 5 heteroatoms. The second-order valence-corrected chi connectivity index (χ2v) is 4.25. The van der Waals surface area contributed by atoms with Crippen molar-refractivity contribution in [3.05, 3.63) is 64.3 Å². The summed E-state index contributed by atoms with van der Waals surface area (Å²) in [5.41, 5.74) is 1.68. The Kier molecular flexibility index (Phi) is 4.07. The molecule has 5 nitrogen and oxygen atoms in total. The zero-order chi connectivity index (χ0) is 13.7. The molecule has 0 aromatic carbocycles. The van der Waals surface area contributed by atoms with E-state index in [1.165, 1.54) is 10.6 Å². The Bertz CT molecular complexity index is 617. The molecule has 0 atom stereocenters. The van der Waals surface area contributed by atoms with Gasteiger partial charge in [-0.3, -0.25) is 14.6 Å². The van der Waals surface area contributed by atoms with Gasteiger partial charge in [0.1, 0.15) is 6.54 Å². The van der Waals surface area contributed by atoms with Crippen molar-refractivity contribution in [2.24, 2.45) is 0 Å². The van der Waals surface area contributed by atoms with E-state index in [-0.39, 0.29) is 18.0 Å². The molecule has 98 valence electrons. The van der Waals surface area contributed by atoms with Gasteiger partial charge in [0.05, 0.1) is 0 Å². The summed E-state index contributed by atoms with van der Waals surface area (Å²) in [7, 11) is 0. The number of aromatic nitrogens is 2. The number of nitrogens with one attached hydrogen (secondary N) is 1. The SMILES string of the molecule is Cc1ccc(CNC(=O)Cn2ccccc2=O)cn1. The highest BCUT2D eigenvalue weighted by atomic mass is 16.2. The number of pyridine rings is 2. The average molecular weight is 257 g/mol. The van der Waals surface area contributed by atoms with Gasteiger partial charge in [0.25, 0.3) is 5.56 Å². The number of carbonyl (C=O) groups excluding carboxylic acids is 1. The Morgan fingerprint density at radius 3 is 2.84 bits per heavy atom. The number of nitrogens with zero attached hydrogens (tertiary/aromatic N) is 2. The van der Waals surface area contributed by atoms with Crippen LogP contribution in [-0.4, -0.2) is 15.5 Å². The van der Waals surface area contributed by atoms with Gasteiger partial charge in [-0.05, 0) is 24.6 Å². The smallest absolute Gasteiger partial charge is 0.250 e. The lowest BCUT2D eigenvalue weighted by Crippen LogP contribution is -2.31. The van der Waals surface area contributed by atoms with E-state index in [1.54, 1.807) is 24.5 Å². The lowest BCUT2D eigenvalue weighted by atomic mass is 10.2. The maximum absolute atomic E-state index is 11.7. The molecule has 1 amide bonds. The molecular formula is C14H15N3O2. The van der Waals surface area contributed by atoms with Crippen LogP contribution in [0.3, 0.4) is 0 Å². The Labute approximate surface area is 110 Å². The Hall–Kier alpha value is -2.43. The molecule has 2 aromatic rings. The predicted octanol–water partition coefficient (Wildman–Crippen LogP) is 0.868. The van der Waals surface area contributed by atoms with Crippen molar-refractivity contribution in [3.63, 3.8) is 0 Å². The molecule has 2 rings (SSSR count). The zero-order valence-electron chi connectivity index (χ0n) is 10.7. The first kappa shape index (κ1) is 13.0. The monoisotopic (exact) mass is 257 g/mol. The van der Waals surface area contributed by atoms with E-state index in [1.807, 2.05) is 19.1 Å². The van der Waals surface area contributed by atoms with Crippen LogP contribution in [0.25, 0.3) is 0 Å². The normalized spacial score (nSPS) is 10.2. The van der Waals surface area contributed by atoms with E-state index in [2.05, 4.69) is 10.3 Å². The van der Waals surface area contributed by atoms with E-state index in [4.69, 9.17) is 0 Å². The van der Waals surface area contributed by atoms with Crippen LogP contribution in [-0.2, 0) is 17.9 Å². The standard InChI is InChI=1S/C14H15N3O2/c1-11-5-6-12(8-15-11)9-16-13(18)10-17-7-3-2-4-14(17)19/h2-8H,9-10H2,1H3,(H,16,18). The van der Waals surface area contributed by atoms with Crippen molar-refractivity contribution in [1.82, 2.24) is 14.9 Å². The van der Waals surface area contributed by atoms with E-state index >= 15 is 0 Å². The van der Waals surface area contributed by atoms with Gasteiger partial charge in [-0.1, -0.05) is 12.1 Å². The molecule has 0 bridgehead atoms. The summed E-state index contributed by atoms with van der Waals surface area (Å²) < 4.78 is 1.36. The summed E-state index contributed by atoms with van der Waals surface area (Å²) in [6.45, 7) is 2.34. The van der Waals surface area contributed by atoms with Crippen molar-refractivity contribution in [2.75, 3.05) is 0 Å². The Balaban J connectivity index is 1.90. The first-order valence-corrected chi connectivity index (χ1v) is 5.99. The Morgan fingerprint density at radius 1 is 1.32 bits per heavy atom. The van der Waals surface area contributed by atoms with E-state index in [0.29, 0.717) is 6.54 Å². The topological polar surface area (TPSA) is 64.0 Å². The Morgan fingerprint density at radius 2 is 2.16 bits per heavy atom. The lowest BCUT2D eigenvalue weighted by molar-refractivity contribution is -0.121. The van der Waals surface area contributed by atoms with E-state index < -0.39 is 0 Å². The fraction of sp³-hybridized carbons (Fsp3) is 0.214. The van der Waals surface area contributed by atoms with Crippen molar-refractivity contribution in [2.45, 2.75) is 20.0 Å².